The second-order valence-corrected chi connectivity index (χ2v) is 7.98. The van der Waals surface area contributed by atoms with E-state index in [4.69, 9.17) is 16.4 Å². The molecule has 4 nitrogen and oxygen atoms in total. The first-order valence-electron chi connectivity index (χ1n) is 6.61. The zero-order valence-corrected chi connectivity index (χ0v) is 12.8. The normalized spacial score (nSPS) is 22.0. The third-order valence-corrected chi connectivity index (χ3v) is 5.50. The van der Waals surface area contributed by atoms with Gasteiger partial charge in [0.2, 0.25) is 0 Å². The maximum atomic E-state index is 11.5. The van der Waals surface area contributed by atoms with Crippen LogP contribution in [-0.4, -0.2) is 25.5 Å². The van der Waals surface area contributed by atoms with Crippen LogP contribution in [0, 0.1) is 11.8 Å². The highest BCUT2D eigenvalue weighted by Crippen LogP contribution is 2.32. The molecule has 1 spiro atoms. The van der Waals surface area contributed by atoms with Gasteiger partial charge in [-0.2, -0.15) is 0 Å². The third-order valence-electron chi connectivity index (χ3n) is 3.61. The number of sulfone groups is 1. The Kier molecular flexibility index (Phi) is 3.70. The highest BCUT2D eigenvalue weighted by atomic mass is 35.5. The van der Waals surface area contributed by atoms with Gasteiger partial charge in [0.05, 0.1) is 11.5 Å². The molecule has 0 amide bonds. The minimum Gasteiger partial charge on any atom is -0.265 e. The first kappa shape index (κ1) is 14.5. The van der Waals surface area contributed by atoms with E-state index in [1.807, 2.05) is 18.2 Å². The fraction of sp³-hybridized carbons (Fsp3) is 0.333. The summed E-state index contributed by atoms with van der Waals surface area (Å²) in [5.74, 6) is 6.29. The van der Waals surface area contributed by atoms with Gasteiger partial charge in [-0.05, 0) is 43.0 Å². The van der Waals surface area contributed by atoms with E-state index in [2.05, 4.69) is 17.3 Å². The van der Waals surface area contributed by atoms with Crippen molar-refractivity contribution in [2.45, 2.75) is 18.4 Å². The average Bonchev–Trinajstić information content (AvgIpc) is 2.85. The van der Waals surface area contributed by atoms with Crippen LogP contribution in [0.1, 0.15) is 18.4 Å². The van der Waals surface area contributed by atoms with Crippen molar-refractivity contribution in [1.82, 2.24) is 5.48 Å². The van der Waals surface area contributed by atoms with Crippen molar-refractivity contribution in [3.8, 4) is 11.8 Å². The molecule has 6 heteroatoms. The Morgan fingerprint density at radius 2 is 2.00 bits per heavy atom. The summed E-state index contributed by atoms with van der Waals surface area (Å²) in [5, 5.41) is 0.639. The molecule has 0 saturated carbocycles. The molecule has 2 heterocycles. The summed E-state index contributed by atoms with van der Waals surface area (Å²) in [7, 11) is -2.91. The molecule has 21 heavy (non-hydrogen) atoms. The van der Waals surface area contributed by atoms with E-state index in [1.165, 1.54) is 0 Å². The lowest BCUT2D eigenvalue weighted by Gasteiger charge is -2.29. The molecule has 0 bridgehead atoms. The molecule has 1 fully saturated rings. The van der Waals surface area contributed by atoms with E-state index in [0.717, 1.165) is 5.56 Å². The van der Waals surface area contributed by atoms with Gasteiger partial charge >= 0.3 is 0 Å². The van der Waals surface area contributed by atoms with Gasteiger partial charge in [0.25, 0.3) is 0 Å². The highest BCUT2D eigenvalue weighted by molar-refractivity contribution is 7.91. The summed E-state index contributed by atoms with van der Waals surface area (Å²) >= 11 is 5.90. The van der Waals surface area contributed by atoms with Crippen LogP contribution < -0.4 is 5.48 Å². The molecule has 0 radical (unpaired) electrons. The zero-order chi connectivity index (χ0) is 14.9. The van der Waals surface area contributed by atoms with Crippen molar-refractivity contribution in [2.75, 3.05) is 11.5 Å². The molecule has 3 rings (SSSR count). The van der Waals surface area contributed by atoms with Crippen molar-refractivity contribution >= 4 is 21.4 Å². The Bertz CT molecular complexity index is 745. The number of halogens is 1. The molecule has 0 unspecified atom stereocenters. The van der Waals surface area contributed by atoms with Crippen LogP contribution in [0.15, 0.2) is 36.0 Å². The second kappa shape index (κ2) is 5.38. The fourth-order valence-electron chi connectivity index (χ4n) is 2.38. The van der Waals surface area contributed by atoms with E-state index in [9.17, 15) is 8.42 Å². The van der Waals surface area contributed by atoms with Crippen LogP contribution in [-0.2, 0) is 14.7 Å². The van der Waals surface area contributed by atoms with Crippen molar-refractivity contribution in [3.05, 3.63) is 46.6 Å². The van der Waals surface area contributed by atoms with Crippen LogP contribution in [0.4, 0.5) is 0 Å². The maximum absolute atomic E-state index is 11.5. The first-order valence-corrected chi connectivity index (χ1v) is 8.81. The molecule has 2 aliphatic heterocycles. The molecule has 0 aromatic heterocycles. The number of benzene rings is 1. The molecule has 2 aliphatic rings. The number of nitrogens with one attached hydrogen (secondary N) is 1. The molecule has 0 atom stereocenters. The Labute approximate surface area is 129 Å². The van der Waals surface area contributed by atoms with Crippen LogP contribution >= 0.6 is 11.6 Å². The smallest absolute Gasteiger partial charge is 0.150 e. The summed E-state index contributed by atoms with van der Waals surface area (Å²) in [6, 6.07) is 7.29. The second-order valence-electron chi connectivity index (χ2n) is 5.24. The molecular formula is C15H14ClNO3S. The van der Waals surface area contributed by atoms with E-state index in [0.29, 0.717) is 23.6 Å². The van der Waals surface area contributed by atoms with Gasteiger partial charge in [-0.25, -0.2) is 8.42 Å². The van der Waals surface area contributed by atoms with Crippen molar-refractivity contribution in [2.24, 2.45) is 0 Å². The monoisotopic (exact) mass is 323 g/mol. The Balaban J connectivity index is 1.76. The van der Waals surface area contributed by atoms with Crippen molar-refractivity contribution < 1.29 is 13.3 Å². The van der Waals surface area contributed by atoms with Crippen molar-refractivity contribution in [1.29, 1.82) is 0 Å². The maximum Gasteiger partial charge on any atom is 0.150 e. The number of hydrogen-bond acceptors (Lipinski definition) is 4. The zero-order valence-electron chi connectivity index (χ0n) is 11.2. The summed E-state index contributed by atoms with van der Waals surface area (Å²) in [4.78, 5) is 5.56. The summed E-state index contributed by atoms with van der Waals surface area (Å²) in [6.45, 7) is 0. The first-order chi connectivity index (χ1) is 9.96. The van der Waals surface area contributed by atoms with Gasteiger partial charge < -0.3 is 0 Å². The number of hydrogen-bond donors (Lipinski definition) is 1. The highest BCUT2D eigenvalue weighted by Gasteiger charge is 2.40. The SMILES string of the molecule is O=S1(=O)CCC2(C=C(C#Cc3cccc(Cl)c3)NO2)CC1. The molecule has 1 aromatic rings. The van der Waals surface area contributed by atoms with Gasteiger partial charge in [-0.1, -0.05) is 23.6 Å². The minimum absolute atomic E-state index is 0.153. The van der Waals surface area contributed by atoms with Gasteiger partial charge in [0.15, 0.2) is 9.84 Å². The number of rotatable bonds is 0. The summed E-state index contributed by atoms with van der Waals surface area (Å²) in [5.41, 5.74) is 3.73. The van der Waals surface area contributed by atoms with Crippen LogP contribution in [0.5, 0.6) is 0 Å². The van der Waals surface area contributed by atoms with Crippen LogP contribution in [0.3, 0.4) is 0 Å². The van der Waals surface area contributed by atoms with E-state index in [-0.39, 0.29) is 11.5 Å². The fourth-order valence-corrected chi connectivity index (χ4v) is 4.08. The summed E-state index contributed by atoms with van der Waals surface area (Å²) in [6.07, 6.45) is 2.81. The largest absolute Gasteiger partial charge is 0.265 e. The Hall–Kier alpha value is -1.48. The van der Waals surface area contributed by atoms with E-state index < -0.39 is 15.4 Å². The quantitative estimate of drug-likeness (QED) is 0.743. The van der Waals surface area contributed by atoms with Crippen LogP contribution in [0.25, 0.3) is 0 Å². The third kappa shape index (κ3) is 3.41. The standard InChI is InChI=1S/C15H14ClNO3S/c16-13-3-1-2-12(10-13)4-5-14-11-15(20-17-14)6-8-21(18,19)9-7-15/h1-3,10-11,17H,6-9H2. The number of hydroxylamine groups is 1. The predicted molar refractivity (Wildman–Crippen MR) is 81.3 cm³/mol. The average molecular weight is 324 g/mol. The Morgan fingerprint density at radius 1 is 1.24 bits per heavy atom. The lowest BCUT2D eigenvalue weighted by Crippen LogP contribution is -2.39. The summed E-state index contributed by atoms with van der Waals surface area (Å²) < 4.78 is 23.0. The molecule has 1 N–H and O–H groups in total. The van der Waals surface area contributed by atoms with Gasteiger partial charge in [0, 0.05) is 10.6 Å². The van der Waals surface area contributed by atoms with Gasteiger partial charge in [-0.15, -0.1) is 0 Å². The Morgan fingerprint density at radius 3 is 2.71 bits per heavy atom. The van der Waals surface area contributed by atoms with Gasteiger partial charge in [-0.3, -0.25) is 10.3 Å². The molecule has 110 valence electrons. The lowest BCUT2D eigenvalue weighted by molar-refractivity contribution is -0.0441. The molecule has 1 aromatic carbocycles. The molecular weight excluding hydrogens is 310 g/mol. The van der Waals surface area contributed by atoms with Gasteiger partial charge in [0.1, 0.15) is 11.3 Å². The predicted octanol–water partition coefficient (Wildman–Crippen LogP) is 2.06. The molecule has 0 aliphatic carbocycles. The van der Waals surface area contributed by atoms with Crippen LogP contribution in [0.2, 0.25) is 5.02 Å². The minimum atomic E-state index is -2.91. The van der Waals surface area contributed by atoms with E-state index >= 15 is 0 Å². The number of allylic oxidation sites excluding steroid dienone is 1. The molecule has 1 saturated heterocycles. The van der Waals surface area contributed by atoms with E-state index in [1.54, 1.807) is 12.1 Å². The van der Waals surface area contributed by atoms with Crippen molar-refractivity contribution in [3.63, 3.8) is 0 Å². The topological polar surface area (TPSA) is 55.4 Å². The lowest BCUT2D eigenvalue weighted by atomic mass is 9.96.